The standard InChI is InChI=1S/C21H21F3N8O3S/c1-3-36(34,35)32-19-16(28-11(2)8-25-19)10-26-18-14(21(22,23)24)9-27-20(31-18)29-13-4-5-15-12(6-13)7-17(33)30-15/h4-6,8-9H,3,7,10H2,1-2H3,(H,25,32)(H,30,33)(H2,26,27,29,31). The van der Waals surface area contributed by atoms with Crippen LogP contribution in [0.2, 0.25) is 0 Å². The van der Waals surface area contributed by atoms with Gasteiger partial charge in [-0.1, -0.05) is 0 Å². The van der Waals surface area contributed by atoms with E-state index in [-0.39, 0.29) is 42.1 Å². The zero-order valence-electron chi connectivity index (χ0n) is 19.1. The Bertz CT molecular complexity index is 1430. The van der Waals surface area contributed by atoms with E-state index in [9.17, 15) is 26.4 Å². The van der Waals surface area contributed by atoms with E-state index in [1.54, 1.807) is 25.1 Å². The third kappa shape index (κ3) is 5.79. The Kier molecular flexibility index (Phi) is 6.67. The van der Waals surface area contributed by atoms with Crippen LogP contribution in [-0.4, -0.2) is 40.0 Å². The van der Waals surface area contributed by atoms with Crippen LogP contribution in [0, 0.1) is 6.92 Å². The second-order valence-corrected chi connectivity index (χ2v) is 9.85. The maximum Gasteiger partial charge on any atom is 0.421 e. The molecule has 1 aliphatic rings. The Morgan fingerprint density at radius 3 is 2.61 bits per heavy atom. The molecule has 0 unspecified atom stereocenters. The summed E-state index contributed by atoms with van der Waals surface area (Å²) in [6, 6.07) is 4.98. The SMILES string of the molecule is CCS(=O)(=O)Nc1ncc(C)nc1CNc1nc(Nc2ccc3c(c2)CC(=O)N3)ncc1C(F)(F)F. The van der Waals surface area contributed by atoms with Crippen molar-refractivity contribution in [1.82, 2.24) is 19.9 Å². The fourth-order valence-electron chi connectivity index (χ4n) is 3.34. The van der Waals surface area contributed by atoms with Crippen molar-refractivity contribution < 1.29 is 26.4 Å². The van der Waals surface area contributed by atoms with E-state index < -0.39 is 27.6 Å². The molecule has 0 atom stereocenters. The first-order chi connectivity index (χ1) is 16.9. The Balaban J connectivity index is 1.61. The molecule has 190 valence electrons. The number of anilines is 5. The van der Waals surface area contributed by atoms with Gasteiger partial charge in [0.15, 0.2) is 5.82 Å². The minimum atomic E-state index is -4.76. The second-order valence-electron chi connectivity index (χ2n) is 7.84. The Labute approximate surface area is 204 Å². The number of alkyl halides is 3. The van der Waals surface area contributed by atoms with Gasteiger partial charge in [0.1, 0.15) is 17.1 Å². The van der Waals surface area contributed by atoms with Crippen molar-refractivity contribution in [2.24, 2.45) is 0 Å². The van der Waals surface area contributed by atoms with Crippen LogP contribution in [-0.2, 0) is 34.0 Å². The van der Waals surface area contributed by atoms with Crippen molar-refractivity contribution in [3.8, 4) is 0 Å². The molecule has 0 spiro atoms. The average Bonchev–Trinajstić information content (AvgIpc) is 3.17. The fourth-order valence-corrected chi connectivity index (χ4v) is 3.95. The smallest absolute Gasteiger partial charge is 0.364 e. The number of rotatable bonds is 8. The average molecular weight is 523 g/mol. The van der Waals surface area contributed by atoms with Crippen LogP contribution >= 0.6 is 0 Å². The summed E-state index contributed by atoms with van der Waals surface area (Å²) in [5, 5.41) is 8.11. The number of hydrogen-bond acceptors (Lipinski definition) is 9. The first-order valence-corrected chi connectivity index (χ1v) is 12.3. The molecule has 15 heteroatoms. The van der Waals surface area contributed by atoms with Crippen LogP contribution in [0.3, 0.4) is 0 Å². The number of hydrogen-bond donors (Lipinski definition) is 4. The molecule has 0 aliphatic carbocycles. The molecular weight excluding hydrogens is 501 g/mol. The molecule has 4 rings (SSSR count). The molecule has 0 saturated carbocycles. The van der Waals surface area contributed by atoms with Gasteiger partial charge in [-0.15, -0.1) is 0 Å². The number of amides is 1. The molecular formula is C21H21F3N8O3S. The van der Waals surface area contributed by atoms with Gasteiger partial charge in [0.25, 0.3) is 0 Å². The molecule has 2 aromatic heterocycles. The van der Waals surface area contributed by atoms with Crippen LogP contribution in [0.25, 0.3) is 0 Å². The minimum Gasteiger partial charge on any atom is -0.364 e. The topological polar surface area (TPSA) is 151 Å². The van der Waals surface area contributed by atoms with Gasteiger partial charge < -0.3 is 16.0 Å². The third-order valence-corrected chi connectivity index (χ3v) is 6.37. The number of nitrogens with one attached hydrogen (secondary N) is 4. The molecule has 0 radical (unpaired) electrons. The molecule has 3 heterocycles. The van der Waals surface area contributed by atoms with Crippen molar-refractivity contribution in [2.75, 3.05) is 26.4 Å². The van der Waals surface area contributed by atoms with E-state index in [2.05, 4.69) is 40.6 Å². The van der Waals surface area contributed by atoms with Crippen molar-refractivity contribution in [1.29, 1.82) is 0 Å². The van der Waals surface area contributed by atoms with Crippen LogP contribution in [0.4, 0.5) is 42.1 Å². The third-order valence-electron chi connectivity index (χ3n) is 5.10. The largest absolute Gasteiger partial charge is 0.421 e. The van der Waals surface area contributed by atoms with Crippen molar-refractivity contribution >= 4 is 44.9 Å². The fraction of sp³-hybridized carbons (Fsp3) is 0.286. The number of aromatic nitrogens is 4. The van der Waals surface area contributed by atoms with E-state index in [0.717, 1.165) is 5.56 Å². The lowest BCUT2D eigenvalue weighted by Crippen LogP contribution is -2.19. The summed E-state index contributed by atoms with van der Waals surface area (Å²) in [7, 11) is -3.69. The lowest BCUT2D eigenvalue weighted by atomic mass is 10.1. The molecule has 3 aromatic rings. The summed E-state index contributed by atoms with van der Waals surface area (Å²) in [4.78, 5) is 27.5. The second kappa shape index (κ2) is 9.56. The van der Waals surface area contributed by atoms with Crippen molar-refractivity contribution in [3.63, 3.8) is 0 Å². The predicted molar refractivity (Wildman–Crippen MR) is 126 cm³/mol. The van der Waals surface area contributed by atoms with Gasteiger partial charge in [0, 0.05) is 17.6 Å². The number of carbonyl (C=O) groups is 1. The van der Waals surface area contributed by atoms with E-state index in [4.69, 9.17) is 0 Å². The molecule has 0 fully saturated rings. The summed E-state index contributed by atoms with van der Waals surface area (Å²) < 4.78 is 67.1. The van der Waals surface area contributed by atoms with Gasteiger partial charge in [0.05, 0.1) is 30.6 Å². The summed E-state index contributed by atoms with van der Waals surface area (Å²) in [5.41, 5.74) is 1.29. The maximum atomic E-state index is 13.6. The highest BCUT2D eigenvalue weighted by Crippen LogP contribution is 2.35. The van der Waals surface area contributed by atoms with Crippen LogP contribution < -0.4 is 20.7 Å². The first-order valence-electron chi connectivity index (χ1n) is 10.6. The lowest BCUT2D eigenvalue weighted by molar-refractivity contribution is -0.137. The highest BCUT2D eigenvalue weighted by Gasteiger charge is 2.35. The number of benzene rings is 1. The van der Waals surface area contributed by atoms with Gasteiger partial charge in [-0.3, -0.25) is 14.5 Å². The van der Waals surface area contributed by atoms with Gasteiger partial charge >= 0.3 is 6.18 Å². The first kappa shape index (κ1) is 25.1. The van der Waals surface area contributed by atoms with E-state index in [0.29, 0.717) is 23.3 Å². The Morgan fingerprint density at radius 2 is 1.89 bits per heavy atom. The summed E-state index contributed by atoms with van der Waals surface area (Å²) >= 11 is 0. The molecule has 0 bridgehead atoms. The van der Waals surface area contributed by atoms with Crippen molar-refractivity contribution in [2.45, 2.75) is 33.0 Å². The molecule has 1 aliphatic heterocycles. The number of aryl methyl sites for hydroxylation is 1. The molecule has 1 aromatic carbocycles. The van der Waals surface area contributed by atoms with Gasteiger partial charge in [-0.05, 0) is 37.6 Å². The van der Waals surface area contributed by atoms with E-state index in [1.165, 1.54) is 13.1 Å². The maximum absolute atomic E-state index is 13.6. The van der Waals surface area contributed by atoms with E-state index in [1.807, 2.05) is 0 Å². The summed E-state index contributed by atoms with van der Waals surface area (Å²) in [6.07, 6.45) is -2.60. The normalized spacial score (nSPS) is 13.2. The highest BCUT2D eigenvalue weighted by molar-refractivity contribution is 7.92. The molecule has 36 heavy (non-hydrogen) atoms. The van der Waals surface area contributed by atoms with Crippen LogP contribution in [0.15, 0.2) is 30.6 Å². The quantitative estimate of drug-likeness (QED) is 0.350. The van der Waals surface area contributed by atoms with Gasteiger partial charge in [-0.25, -0.2) is 18.4 Å². The van der Waals surface area contributed by atoms with Gasteiger partial charge in [0.2, 0.25) is 21.9 Å². The molecule has 11 nitrogen and oxygen atoms in total. The zero-order valence-corrected chi connectivity index (χ0v) is 19.9. The lowest BCUT2D eigenvalue weighted by Gasteiger charge is -2.16. The summed E-state index contributed by atoms with van der Waals surface area (Å²) in [6.45, 7) is 2.74. The van der Waals surface area contributed by atoms with Crippen LogP contribution in [0.5, 0.6) is 0 Å². The molecule has 0 saturated heterocycles. The summed E-state index contributed by atoms with van der Waals surface area (Å²) in [5.74, 6) is -1.13. The number of fused-ring (bicyclic) bond motifs is 1. The van der Waals surface area contributed by atoms with E-state index >= 15 is 0 Å². The van der Waals surface area contributed by atoms with Crippen molar-refractivity contribution in [3.05, 3.63) is 53.1 Å². The number of carbonyl (C=O) groups excluding carboxylic acids is 1. The Hall–Kier alpha value is -4.01. The molecule has 4 N–H and O–H groups in total. The minimum absolute atomic E-state index is 0.0871. The highest BCUT2D eigenvalue weighted by atomic mass is 32.2. The zero-order chi connectivity index (χ0) is 26.1. The molecule has 1 amide bonds. The van der Waals surface area contributed by atoms with Crippen LogP contribution in [0.1, 0.15) is 29.4 Å². The monoisotopic (exact) mass is 522 g/mol. The Morgan fingerprint density at radius 1 is 1.11 bits per heavy atom. The predicted octanol–water partition coefficient (Wildman–Crippen LogP) is 3.21. The van der Waals surface area contributed by atoms with Gasteiger partial charge in [-0.2, -0.15) is 18.2 Å². The number of sulfonamides is 1. The number of halogens is 3. The number of nitrogens with zero attached hydrogens (tertiary/aromatic N) is 4.